The number of nitrogens with one attached hydrogen (secondary N) is 3. The molecule has 0 radical (unpaired) electrons. The number of hydrogen-bond donors (Lipinski definition) is 5. The SMILES string of the molecule is Cc1cc(NC(=O)Nc2nc(Cc3ccc(OCC(=O)O)cc3)[nH]c2C(N)=O)ccc1C(C)C. The van der Waals surface area contributed by atoms with Gasteiger partial charge in [-0.1, -0.05) is 32.0 Å². The van der Waals surface area contributed by atoms with Gasteiger partial charge in [-0.25, -0.2) is 14.6 Å². The summed E-state index contributed by atoms with van der Waals surface area (Å²) in [5.41, 5.74) is 9.12. The Morgan fingerprint density at radius 3 is 2.41 bits per heavy atom. The van der Waals surface area contributed by atoms with Gasteiger partial charge in [-0.2, -0.15) is 0 Å². The van der Waals surface area contributed by atoms with Crippen LogP contribution in [0.3, 0.4) is 0 Å². The Bertz CT molecular complexity index is 1200. The normalized spacial score (nSPS) is 10.7. The molecule has 0 unspecified atom stereocenters. The average molecular weight is 466 g/mol. The number of nitrogens with two attached hydrogens (primary N) is 1. The van der Waals surface area contributed by atoms with E-state index >= 15 is 0 Å². The van der Waals surface area contributed by atoms with Crippen molar-refractivity contribution in [2.45, 2.75) is 33.1 Å². The van der Waals surface area contributed by atoms with Gasteiger partial charge >= 0.3 is 12.0 Å². The second kappa shape index (κ2) is 10.5. The summed E-state index contributed by atoms with van der Waals surface area (Å²) in [4.78, 5) is 42.1. The largest absolute Gasteiger partial charge is 0.482 e. The van der Waals surface area contributed by atoms with Gasteiger partial charge in [0.25, 0.3) is 5.91 Å². The number of hydrogen-bond acceptors (Lipinski definition) is 5. The van der Waals surface area contributed by atoms with E-state index in [1.165, 1.54) is 5.56 Å². The van der Waals surface area contributed by atoms with Crippen molar-refractivity contribution in [3.05, 3.63) is 70.7 Å². The summed E-state index contributed by atoms with van der Waals surface area (Å²) in [6.07, 6.45) is 0.318. The number of carbonyl (C=O) groups excluding carboxylic acids is 2. The van der Waals surface area contributed by atoms with Crippen molar-refractivity contribution in [2.75, 3.05) is 17.2 Å². The van der Waals surface area contributed by atoms with Gasteiger partial charge in [0.15, 0.2) is 12.4 Å². The molecule has 34 heavy (non-hydrogen) atoms. The molecule has 0 spiro atoms. The zero-order valence-electron chi connectivity index (χ0n) is 19.1. The van der Waals surface area contributed by atoms with Gasteiger partial charge in [0, 0.05) is 12.1 Å². The third-order valence-corrected chi connectivity index (χ3v) is 5.04. The van der Waals surface area contributed by atoms with E-state index in [4.69, 9.17) is 15.6 Å². The van der Waals surface area contributed by atoms with E-state index in [1.54, 1.807) is 24.3 Å². The van der Waals surface area contributed by atoms with Gasteiger partial charge in [-0.15, -0.1) is 0 Å². The van der Waals surface area contributed by atoms with Gasteiger partial charge in [-0.05, 0) is 53.8 Å². The van der Waals surface area contributed by atoms with Crippen molar-refractivity contribution in [2.24, 2.45) is 5.73 Å². The fraction of sp³-hybridized carbons (Fsp3) is 0.250. The first-order valence-corrected chi connectivity index (χ1v) is 10.6. The minimum Gasteiger partial charge on any atom is -0.482 e. The maximum absolute atomic E-state index is 12.5. The summed E-state index contributed by atoms with van der Waals surface area (Å²) in [6, 6.07) is 11.9. The number of ether oxygens (including phenoxy) is 1. The first kappa shape index (κ1) is 24.3. The summed E-state index contributed by atoms with van der Waals surface area (Å²) < 4.78 is 5.11. The topological polar surface area (TPSA) is 159 Å². The van der Waals surface area contributed by atoms with Crippen molar-refractivity contribution >= 4 is 29.4 Å². The van der Waals surface area contributed by atoms with Crippen LogP contribution in [-0.4, -0.2) is 39.6 Å². The zero-order chi connectivity index (χ0) is 24.8. The summed E-state index contributed by atoms with van der Waals surface area (Å²) in [7, 11) is 0. The highest BCUT2D eigenvalue weighted by molar-refractivity contribution is 6.04. The molecule has 2 aromatic carbocycles. The van der Waals surface area contributed by atoms with Crippen molar-refractivity contribution in [3.8, 4) is 5.75 Å². The molecule has 10 heteroatoms. The lowest BCUT2D eigenvalue weighted by atomic mass is 9.98. The Kier molecular flexibility index (Phi) is 7.52. The molecule has 3 aromatic rings. The van der Waals surface area contributed by atoms with Gasteiger partial charge < -0.3 is 25.9 Å². The number of amides is 3. The lowest BCUT2D eigenvalue weighted by molar-refractivity contribution is -0.139. The minimum atomic E-state index is -1.06. The molecule has 0 aliphatic heterocycles. The number of rotatable bonds is 9. The monoisotopic (exact) mass is 465 g/mol. The predicted molar refractivity (Wildman–Crippen MR) is 127 cm³/mol. The number of benzene rings is 2. The number of aromatic nitrogens is 2. The minimum absolute atomic E-state index is 0.0158. The van der Waals surface area contributed by atoms with Gasteiger partial charge in [0.2, 0.25) is 0 Å². The molecular weight excluding hydrogens is 438 g/mol. The molecule has 1 heterocycles. The highest BCUT2D eigenvalue weighted by atomic mass is 16.5. The fourth-order valence-electron chi connectivity index (χ4n) is 3.49. The van der Waals surface area contributed by atoms with Crippen LogP contribution in [0.4, 0.5) is 16.3 Å². The molecule has 1 aromatic heterocycles. The number of aromatic amines is 1. The number of urea groups is 1. The number of carboxylic acid groups (broad SMARTS) is 1. The molecule has 6 N–H and O–H groups in total. The molecule has 0 atom stereocenters. The molecule has 10 nitrogen and oxygen atoms in total. The van der Waals surface area contributed by atoms with Gasteiger partial charge in [0.1, 0.15) is 17.3 Å². The standard InChI is InChI=1S/C24H27N5O5/c1-13(2)18-9-6-16(10-14(18)3)26-24(33)29-23-21(22(25)32)27-19(28-23)11-15-4-7-17(8-5-15)34-12-20(30)31/h4-10,13H,11-12H2,1-3H3,(H2,25,32)(H,27,28)(H,30,31)(H2,26,29,33). The van der Waals surface area contributed by atoms with Crippen LogP contribution in [-0.2, 0) is 11.2 Å². The Hall–Kier alpha value is -4.34. The molecule has 3 rings (SSSR count). The van der Waals surface area contributed by atoms with E-state index in [2.05, 4.69) is 34.4 Å². The average Bonchev–Trinajstić information content (AvgIpc) is 3.15. The van der Waals surface area contributed by atoms with E-state index in [1.807, 2.05) is 25.1 Å². The van der Waals surface area contributed by atoms with E-state index in [0.29, 0.717) is 29.6 Å². The number of carboxylic acids is 1. The Balaban J connectivity index is 1.69. The summed E-state index contributed by atoms with van der Waals surface area (Å²) >= 11 is 0. The number of nitrogens with zero attached hydrogens (tertiary/aromatic N) is 1. The number of aliphatic carboxylic acids is 1. The van der Waals surface area contributed by atoms with Crippen molar-refractivity contribution in [1.82, 2.24) is 9.97 Å². The Labute approximate surface area is 196 Å². The molecule has 0 saturated carbocycles. The van der Waals surface area contributed by atoms with E-state index < -0.39 is 24.5 Å². The highest BCUT2D eigenvalue weighted by Crippen LogP contribution is 2.23. The van der Waals surface area contributed by atoms with Crippen LogP contribution >= 0.6 is 0 Å². The van der Waals surface area contributed by atoms with Crippen molar-refractivity contribution < 1.29 is 24.2 Å². The molecule has 3 amide bonds. The molecule has 0 aliphatic rings. The van der Waals surface area contributed by atoms with Gasteiger partial charge in [-0.3, -0.25) is 10.1 Å². The predicted octanol–water partition coefficient (Wildman–Crippen LogP) is 3.64. The number of anilines is 2. The first-order valence-electron chi connectivity index (χ1n) is 10.6. The van der Waals surface area contributed by atoms with Gasteiger partial charge in [0.05, 0.1) is 0 Å². The number of primary amides is 1. The fourth-order valence-corrected chi connectivity index (χ4v) is 3.49. The number of carbonyl (C=O) groups is 3. The maximum Gasteiger partial charge on any atom is 0.341 e. The van der Waals surface area contributed by atoms with E-state index in [9.17, 15) is 14.4 Å². The lowest BCUT2D eigenvalue weighted by Gasteiger charge is -2.12. The molecule has 0 fully saturated rings. The smallest absolute Gasteiger partial charge is 0.341 e. The summed E-state index contributed by atoms with van der Waals surface area (Å²) in [5, 5.41) is 14.0. The van der Waals surface area contributed by atoms with Crippen molar-refractivity contribution in [1.29, 1.82) is 0 Å². The lowest BCUT2D eigenvalue weighted by Crippen LogP contribution is -2.22. The third-order valence-electron chi connectivity index (χ3n) is 5.04. The van der Waals surface area contributed by atoms with Crippen molar-refractivity contribution in [3.63, 3.8) is 0 Å². The Morgan fingerprint density at radius 2 is 1.82 bits per heavy atom. The van der Waals surface area contributed by atoms with Crippen LogP contribution in [0.5, 0.6) is 5.75 Å². The summed E-state index contributed by atoms with van der Waals surface area (Å²) in [5.74, 6) is -0.595. The molecule has 0 bridgehead atoms. The first-order chi connectivity index (χ1) is 16.1. The maximum atomic E-state index is 12.5. The highest BCUT2D eigenvalue weighted by Gasteiger charge is 2.18. The van der Waals surface area contributed by atoms with Crippen LogP contribution < -0.4 is 21.1 Å². The van der Waals surface area contributed by atoms with Crippen LogP contribution in [0.1, 0.15) is 52.8 Å². The Morgan fingerprint density at radius 1 is 1.12 bits per heavy atom. The number of aryl methyl sites for hydroxylation is 1. The van der Waals surface area contributed by atoms with E-state index in [0.717, 1.165) is 11.1 Å². The number of H-pyrrole nitrogens is 1. The quantitative estimate of drug-likeness (QED) is 0.324. The zero-order valence-corrected chi connectivity index (χ0v) is 19.1. The molecule has 0 saturated heterocycles. The molecular formula is C24H27N5O5. The van der Waals surface area contributed by atoms with E-state index in [-0.39, 0.29) is 11.5 Å². The van der Waals surface area contributed by atoms with Crippen LogP contribution in [0.15, 0.2) is 42.5 Å². The second-order valence-corrected chi connectivity index (χ2v) is 8.08. The molecule has 178 valence electrons. The molecule has 0 aliphatic carbocycles. The third kappa shape index (κ3) is 6.35. The number of imidazole rings is 1. The van der Waals surface area contributed by atoms with Crippen LogP contribution in [0.2, 0.25) is 0 Å². The van der Waals surface area contributed by atoms with Crippen LogP contribution in [0.25, 0.3) is 0 Å². The van der Waals surface area contributed by atoms with Crippen LogP contribution in [0, 0.1) is 6.92 Å². The second-order valence-electron chi connectivity index (χ2n) is 8.08. The summed E-state index contributed by atoms with van der Waals surface area (Å²) in [6.45, 7) is 5.75.